The van der Waals surface area contributed by atoms with Crippen molar-refractivity contribution in [1.29, 1.82) is 0 Å². The van der Waals surface area contributed by atoms with Crippen molar-refractivity contribution in [2.75, 3.05) is 16.6 Å². The van der Waals surface area contributed by atoms with Gasteiger partial charge in [-0.3, -0.25) is 4.72 Å². The van der Waals surface area contributed by atoms with Gasteiger partial charge >= 0.3 is 0 Å². The number of hydrogen-bond acceptors (Lipinski definition) is 5. The molecule has 8 heteroatoms. The third-order valence-corrected chi connectivity index (χ3v) is 3.98. The third-order valence-electron chi connectivity index (χ3n) is 2.37. The van der Waals surface area contributed by atoms with Gasteiger partial charge in [0.05, 0.1) is 5.02 Å². The number of nitrogens with zero attached hydrogens (tertiary/aromatic N) is 2. The Morgan fingerprint density at radius 1 is 1.30 bits per heavy atom. The van der Waals surface area contributed by atoms with Crippen molar-refractivity contribution in [3.8, 4) is 0 Å². The minimum absolute atomic E-state index is 0.0187. The lowest BCUT2D eigenvalue weighted by molar-refractivity contribution is 0.600. The molecule has 0 atom stereocenters. The fourth-order valence-electron chi connectivity index (χ4n) is 1.48. The molecule has 0 aliphatic carbocycles. The summed E-state index contributed by atoms with van der Waals surface area (Å²) in [5.74, 6) is 0.685. The Hall–Kier alpha value is -1.86. The molecule has 6 nitrogen and oxygen atoms in total. The van der Waals surface area contributed by atoms with Crippen LogP contribution < -0.4 is 10.0 Å². The number of pyridine rings is 2. The molecule has 0 amide bonds. The molecule has 0 saturated heterocycles. The number of halogens is 1. The van der Waals surface area contributed by atoms with Crippen molar-refractivity contribution in [2.45, 2.75) is 11.8 Å². The van der Waals surface area contributed by atoms with E-state index >= 15 is 0 Å². The van der Waals surface area contributed by atoms with Crippen LogP contribution in [0.25, 0.3) is 0 Å². The van der Waals surface area contributed by atoms with E-state index < -0.39 is 10.0 Å². The second-order valence-corrected chi connectivity index (χ2v) is 5.94. The molecule has 2 rings (SSSR count). The second-order valence-electron chi connectivity index (χ2n) is 3.85. The molecule has 0 bridgehead atoms. The topological polar surface area (TPSA) is 84.0 Å². The Bertz CT molecular complexity index is 692. The minimum atomic E-state index is -3.75. The van der Waals surface area contributed by atoms with Gasteiger partial charge < -0.3 is 5.32 Å². The summed E-state index contributed by atoms with van der Waals surface area (Å²) >= 11 is 5.98. The van der Waals surface area contributed by atoms with Gasteiger partial charge in [-0.2, -0.15) is 0 Å². The first-order valence-electron chi connectivity index (χ1n) is 5.86. The molecule has 0 spiro atoms. The second kappa shape index (κ2) is 6.06. The van der Waals surface area contributed by atoms with Crippen LogP contribution in [0.1, 0.15) is 6.92 Å². The van der Waals surface area contributed by atoms with Crippen molar-refractivity contribution in [2.24, 2.45) is 0 Å². The van der Waals surface area contributed by atoms with Crippen molar-refractivity contribution in [3.63, 3.8) is 0 Å². The predicted octanol–water partition coefficient (Wildman–Crippen LogP) is 2.36. The zero-order valence-corrected chi connectivity index (χ0v) is 12.2. The number of rotatable bonds is 5. The summed E-state index contributed by atoms with van der Waals surface area (Å²) in [6.45, 7) is 2.54. The molecule has 2 heterocycles. The number of hydrogen-bond donors (Lipinski definition) is 2. The molecule has 0 saturated carbocycles. The van der Waals surface area contributed by atoms with Crippen LogP contribution in [-0.4, -0.2) is 24.9 Å². The Labute approximate surface area is 122 Å². The molecule has 20 heavy (non-hydrogen) atoms. The summed E-state index contributed by atoms with van der Waals surface area (Å²) in [4.78, 5) is 7.88. The van der Waals surface area contributed by atoms with Crippen molar-refractivity contribution in [3.05, 3.63) is 41.7 Å². The van der Waals surface area contributed by atoms with Crippen LogP contribution in [0.5, 0.6) is 0 Å². The van der Waals surface area contributed by atoms with E-state index in [1.807, 2.05) is 6.92 Å². The van der Waals surface area contributed by atoms with Crippen molar-refractivity contribution >= 4 is 33.3 Å². The van der Waals surface area contributed by atoms with E-state index in [1.54, 1.807) is 18.2 Å². The number of nitrogens with one attached hydrogen (secondary N) is 2. The van der Waals surface area contributed by atoms with Crippen LogP contribution in [0.4, 0.5) is 11.6 Å². The van der Waals surface area contributed by atoms with Crippen LogP contribution in [-0.2, 0) is 10.0 Å². The Morgan fingerprint density at radius 2 is 2.10 bits per heavy atom. The van der Waals surface area contributed by atoms with E-state index in [1.165, 1.54) is 18.5 Å². The van der Waals surface area contributed by atoms with Gasteiger partial charge in [0.1, 0.15) is 16.5 Å². The third kappa shape index (κ3) is 3.37. The number of aromatic nitrogens is 2. The predicted molar refractivity (Wildman–Crippen MR) is 78.5 cm³/mol. The average Bonchev–Trinajstić information content (AvgIpc) is 2.42. The maximum Gasteiger partial charge on any atom is 0.264 e. The minimum Gasteiger partial charge on any atom is -0.369 e. The molecule has 0 aliphatic rings. The quantitative estimate of drug-likeness (QED) is 0.885. The van der Waals surface area contributed by atoms with Gasteiger partial charge in [0.2, 0.25) is 0 Å². The Kier molecular flexibility index (Phi) is 4.41. The zero-order valence-electron chi connectivity index (χ0n) is 10.7. The zero-order chi connectivity index (χ0) is 14.6. The van der Waals surface area contributed by atoms with Crippen LogP contribution >= 0.6 is 11.6 Å². The molecule has 0 aliphatic heterocycles. The van der Waals surface area contributed by atoms with Gasteiger partial charge in [-0.05, 0) is 25.1 Å². The number of anilines is 2. The summed E-state index contributed by atoms with van der Waals surface area (Å²) in [6.07, 6.45) is 2.74. The van der Waals surface area contributed by atoms with Crippen LogP contribution in [0.3, 0.4) is 0 Å². The maximum atomic E-state index is 12.2. The first kappa shape index (κ1) is 14.5. The van der Waals surface area contributed by atoms with Gasteiger partial charge in [-0.25, -0.2) is 18.4 Å². The van der Waals surface area contributed by atoms with Gasteiger partial charge in [0.15, 0.2) is 0 Å². The van der Waals surface area contributed by atoms with Crippen LogP contribution in [0, 0.1) is 0 Å². The van der Waals surface area contributed by atoms with Gasteiger partial charge in [0, 0.05) is 18.9 Å². The largest absolute Gasteiger partial charge is 0.369 e. The lowest BCUT2D eigenvalue weighted by Crippen LogP contribution is -2.14. The molecule has 2 N–H and O–H groups in total. The Morgan fingerprint density at radius 3 is 2.70 bits per heavy atom. The highest BCUT2D eigenvalue weighted by Crippen LogP contribution is 2.23. The monoisotopic (exact) mass is 312 g/mol. The highest BCUT2D eigenvalue weighted by atomic mass is 35.5. The van der Waals surface area contributed by atoms with E-state index in [2.05, 4.69) is 20.0 Å². The highest BCUT2D eigenvalue weighted by molar-refractivity contribution is 7.92. The first-order chi connectivity index (χ1) is 9.53. The van der Waals surface area contributed by atoms with E-state index in [4.69, 9.17) is 11.6 Å². The highest BCUT2D eigenvalue weighted by Gasteiger charge is 2.17. The fourth-order valence-corrected chi connectivity index (χ4v) is 2.76. The van der Waals surface area contributed by atoms with E-state index in [0.717, 1.165) is 0 Å². The summed E-state index contributed by atoms with van der Waals surface area (Å²) in [7, 11) is -3.75. The standard InChI is InChI=1S/C12H13ClN4O2S/c1-2-14-12-10(13)7-9(8-16-12)20(18,19)17-11-5-3-4-6-15-11/h3-8H,2H2,1H3,(H,14,16)(H,15,17). The Balaban J connectivity index is 2.28. The maximum absolute atomic E-state index is 12.2. The molecule has 2 aromatic heterocycles. The molecular formula is C12H13ClN4O2S. The lowest BCUT2D eigenvalue weighted by Gasteiger charge is -2.09. The lowest BCUT2D eigenvalue weighted by atomic mass is 10.4. The van der Waals surface area contributed by atoms with Crippen molar-refractivity contribution in [1.82, 2.24) is 9.97 Å². The van der Waals surface area contributed by atoms with E-state index in [9.17, 15) is 8.42 Å². The molecule has 106 valence electrons. The van der Waals surface area contributed by atoms with E-state index in [-0.39, 0.29) is 15.7 Å². The fraction of sp³-hybridized carbons (Fsp3) is 0.167. The molecule has 0 unspecified atom stereocenters. The molecular weight excluding hydrogens is 300 g/mol. The molecule has 0 fully saturated rings. The summed E-state index contributed by atoms with van der Waals surface area (Å²) in [5, 5.41) is 3.18. The smallest absolute Gasteiger partial charge is 0.264 e. The van der Waals surface area contributed by atoms with Gasteiger partial charge in [0.25, 0.3) is 10.0 Å². The normalized spacial score (nSPS) is 11.1. The average molecular weight is 313 g/mol. The van der Waals surface area contributed by atoms with Crippen LogP contribution in [0.15, 0.2) is 41.6 Å². The number of sulfonamides is 1. The van der Waals surface area contributed by atoms with Gasteiger partial charge in [-0.15, -0.1) is 0 Å². The molecule has 0 radical (unpaired) electrons. The molecule has 0 aromatic carbocycles. The molecule has 2 aromatic rings. The van der Waals surface area contributed by atoms with Crippen LogP contribution in [0.2, 0.25) is 5.02 Å². The van der Waals surface area contributed by atoms with Gasteiger partial charge in [-0.1, -0.05) is 17.7 Å². The summed E-state index contributed by atoms with van der Waals surface area (Å²) in [5.41, 5.74) is 0. The summed E-state index contributed by atoms with van der Waals surface area (Å²) < 4.78 is 26.7. The first-order valence-corrected chi connectivity index (χ1v) is 7.72. The summed E-state index contributed by atoms with van der Waals surface area (Å²) in [6, 6.07) is 6.28. The SMILES string of the molecule is CCNc1ncc(S(=O)(=O)Nc2ccccn2)cc1Cl. The van der Waals surface area contributed by atoms with Crippen molar-refractivity contribution < 1.29 is 8.42 Å². The van der Waals surface area contributed by atoms with E-state index in [0.29, 0.717) is 12.4 Å².